The molecule has 21 heavy (non-hydrogen) atoms. The molecule has 1 saturated heterocycles. The molecular weight excluding hydrogens is 280 g/mol. The van der Waals surface area contributed by atoms with E-state index in [0.29, 0.717) is 12.6 Å². The topological polar surface area (TPSA) is 35.5 Å². The first-order valence-electron chi connectivity index (χ1n) is 8.07. The summed E-state index contributed by atoms with van der Waals surface area (Å²) in [6.45, 7) is 4.86. The highest BCUT2D eigenvalue weighted by molar-refractivity contribution is 7.99. The molecule has 1 aliphatic heterocycles. The zero-order valence-electron chi connectivity index (χ0n) is 12.8. The molecule has 1 heterocycles. The van der Waals surface area contributed by atoms with Crippen LogP contribution in [0.2, 0.25) is 0 Å². The van der Waals surface area contributed by atoms with Crippen molar-refractivity contribution >= 4 is 11.8 Å². The molecule has 1 unspecified atom stereocenters. The van der Waals surface area contributed by atoms with E-state index in [2.05, 4.69) is 40.5 Å². The van der Waals surface area contributed by atoms with E-state index in [1.165, 1.54) is 24.9 Å². The summed E-state index contributed by atoms with van der Waals surface area (Å²) in [6.07, 6.45) is 3.51. The quantitative estimate of drug-likeness (QED) is 0.687. The number of nitrogens with zero attached hydrogens (tertiary/aromatic N) is 1. The molecule has 0 aromatic heterocycles. The van der Waals surface area contributed by atoms with Crippen molar-refractivity contribution in [2.24, 2.45) is 0 Å². The monoisotopic (exact) mass is 308 g/mol. The summed E-state index contributed by atoms with van der Waals surface area (Å²) in [4.78, 5) is 2.56. The highest BCUT2D eigenvalue weighted by Gasteiger charge is 2.19. The molecule has 0 spiro atoms. The number of nitrogens with one attached hydrogen (secondary N) is 1. The average molecular weight is 308 g/mol. The first-order chi connectivity index (χ1) is 10.4. The van der Waals surface area contributed by atoms with E-state index in [0.717, 1.165) is 37.6 Å². The molecule has 4 heteroatoms. The molecule has 1 aromatic carbocycles. The molecule has 118 valence electrons. The van der Waals surface area contributed by atoms with E-state index in [1.54, 1.807) is 0 Å². The second kappa shape index (κ2) is 10.2. The molecule has 1 atom stereocenters. The first-order valence-corrected chi connectivity index (χ1v) is 9.22. The van der Waals surface area contributed by atoms with Crippen molar-refractivity contribution in [3.05, 3.63) is 35.9 Å². The minimum atomic E-state index is 0.317. The minimum absolute atomic E-state index is 0.317. The number of aliphatic hydroxyl groups is 1. The number of hydrogen-bond donors (Lipinski definition) is 2. The molecule has 2 rings (SSSR count). The number of hydrogen-bond acceptors (Lipinski definition) is 4. The fraction of sp³-hybridized carbons (Fsp3) is 0.647. The third-order valence-corrected chi connectivity index (χ3v) is 4.95. The number of likely N-dealkylation sites (tertiary alicyclic amines) is 1. The fourth-order valence-electron chi connectivity index (χ4n) is 2.81. The average Bonchev–Trinajstić information content (AvgIpc) is 2.52. The number of thioether (sulfide) groups is 1. The lowest BCUT2D eigenvalue weighted by molar-refractivity contribution is 0.185. The van der Waals surface area contributed by atoms with Gasteiger partial charge >= 0.3 is 0 Å². The van der Waals surface area contributed by atoms with Crippen LogP contribution in [0.5, 0.6) is 0 Å². The van der Waals surface area contributed by atoms with Gasteiger partial charge in [0.05, 0.1) is 0 Å². The zero-order chi connectivity index (χ0) is 14.8. The van der Waals surface area contributed by atoms with Gasteiger partial charge in [-0.05, 0) is 37.1 Å². The molecule has 0 aliphatic carbocycles. The van der Waals surface area contributed by atoms with Gasteiger partial charge in [-0.15, -0.1) is 0 Å². The Bertz CT molecular complexity index is 374. The molecule has 1 aromatic rings. The maximum atomic E-state index is 8.74. The van der Waals surface area contributed by atoms with Crippen molar-refractivity contribution in [1.29, 1.82) is 0 Å². The van der Waals surface area contributed by atoms with Gasteiger partial charge in [-0.1, -0.05) is 30.3 Å². The van der Waals surface area contributed by atoms with E-state index in [-0.39, 0.29) is 0 Å². The van der Waals surface area contributed by atoms with Crippen molar-refractivity contribution in [3.8, 4) is 0 Å². The van der Waals surface area contributed by atoms with Crippen LogP contribution in [-0.2, 0) is 6.54 Å². The molecule has 0 radical (unpaired) electrons. The second-order valence-corrected chi connectivity index (χ2v) is 6.93. The Morgan fingerprint density at radius 1 is 1.24 bits per heavy atom. The molecular formula is C17H28N2OS. The van der Waals surface area contributed by atoms with Crippen molar-refractivity contribution in [2.45, 2.75) is 31.8 Å². The lowest BCUT2D eigenvalue weighted by Crippen LogP contribution is -2.45. The summed E-state index contributed by atoms with van der Waals surface area (Å²) in [5, 5.41) is 12.4. The van der Waals surface area contributed by atoms with Crippen LogP contribution in [0.25, 0.3) is 0 Å². The van der Waals surface area contributed by atoms with Gasteiger partial charge in [0.1, 0.15) is 0 Å². The van der Waals surface area contributed by atoms with Gasteiger partial charge in [0.2, 0.25) is 0 Å². The third kappa shape index (κ3) is 6.83. The van der Waals surface area contributed by atoms with E-state index in [9.17, 15) is 0 Å². The van der Waals surface area contributed by atoms with E-state index in [4.69, 9.17) is 5.11 Å². The van der Waals surface area contributed by atoms with Gasteiger partial charge in [-0.3, -0.25) is 4.90 Å². The second-order valence-electron chi connectivity index (χ2n) is 5.70. The molecule has 1 aliphatic rings. The number of benzene rings is 1. The Hall–Kier alpha value is -0.550. The highest BCUT2D eigenvalue weighted by atomic mass is 32.2. The lowest BCUT2D eigenvalue weighted by atomic mass is 10.0. The number of rotatable bonds is 9. The van der Waals surface area contributed by atoms with Gasteiger partial charge in [0, 0.05) is 38.0 Å². The Balaban J connectivity index is 1.62. The van der Waals surface area contributed by atoms with Crippen LogP contribution < -0.4 is 5.32 Å². The maximum absolute atomic E-state index is 8.74. The van der Waals surface area contributed by atoms with Crippen LogP contribution >= 0.6 is 11.8 Å². The van der Waals surface area contributed by atoms with Gasteiger partial charge < -0.3 is 10.4 Å². The highest BCUT2D eigenvalue weighted by Crippen LogP contribution is 2.13. The third-order valence-electron chi connectivity index (χ3n) is 3.88. The molecule has 0 bridgehead atoms. The molecule has 2 N–H and O–H groups in total. The zero-order valence-corrected chi connectivity index (χ0v) is 13.7. The van der Waals surface area contributed by atoms with Crippen LogP contribution in [0, 0.1) is 0 Å². The smallest absolute Gasteiger partial charge is 0.0438 e. The summed E-state index contributed by atoms with van der Waals surface area (Å²) < 4.78 is 0. The Labute approximate surface area is 133 Å². The van der Waals surface area contributed by atoms with E-state index >= 15 is 0 Å². The van der Waals surface area contributed by atoms with E-state index in [1.807, 2.05) is 11.8 Å². The summed E-state index contributed by atoms with van der Waals surface area (Å²) in [6, 6.07) is 11.4. The van der Waals surface area contributed by atoms with Crippen molar-refractivity contribution < 1.29 is 5.11 Å². The Kier molecular flexibility index (Phi) is 8.18. The summed E-state index contributed by atoms with van der Waals surface area (Å²) in [5.41, 5.74) is 1.41. The summed E-state index contributed by atoms with van der Waals surface area (Å²) >= 11 is 1.93. The van der Waals surface area contributed by atoms with E-state index < -0.39 is 0 Å². The van der Waals surface area contributed by atoms with Gasteiger partial charge in [0.25, 0.3) is 0 Å². The molecule has 3 nitrogen and oxygen atoms in total. The van der Waals surface area contributed by atoms with Crippen LogP contribution in [0.15, 0.2) is 30.3 Å². The number of aliphatic hydroxyl groups excluding tert-OH is 1. The standard InChI is InChI=1S/C17H28N2OS/c20-11-5-12-21-13-9-18-17-8-4-10-19(15-17)14-16-6-2-1-3-7-16/h1-3,6-7,17-18,20H,4-5,8-15H2. The first kappa shape index (κ1) is 16.8. The largest absolute Gasteiger partial charge is 0.396 e. The lowest BCUT2D eigenvalue weighted by Gasteiger charge is -2.33. The van der Waals surface area contributed by atoms with Crippen molar-refractivity contribution in [3.63, 3.8) is 0 Å². The minimum Gasteiger partial charge on any atom is -0.396 e. The van der Waals surface area contributed by atoms with Crippen LogP contribution in [0.1, 0.15) is 24.8 Å². The van der Waals surface area contributed by atoms with Crippen molar-refractivity contribution in [2.75, 3.05) is 37.7 Å². The number of piperidine rings is 1. The Morgan fingerprint density at radius 2 is 2.10 bits per heavy atom. The molecule has 0 saturated carbocycles. The van der Waals surface area contributed by atoms with Crippen LogP contribution in [0.4, 0.5) is 0 Å². The predicted octanol–water partition coefficient (Wildman–Crippen LogP) is 2.36. The van der Waals surface area contributed by atoms with Crippen LogP contribution in [-0.4, -0.2) is 53.8 Å². The van der Waals surface area contributed by atoms with Gasteiger partial charge in [0.15, 0.2) is 0 Å². The predicted molar refractivity (Wildman–Crippen MR) is 91.8 cm³/mol. The normalized spacial score (nSPS) is 19.8. The Morgan fingerprint density at radius 3 is 2.90 bits per heavy atom. The maximum Gasteiger partial charge on any atom is 0.0438 e. The summed E-state index contributed by atoms with van der Waals surface area (Å²) in [5.74, 6) is 2.22. The van der Waals surface area contributed by atoms with Gasteiger partial charge in [-0.25, -0.2) is 0 Å². The SMILES string of the molecule is OCCCSCCNC1CCCN(Cc2ccccc2)C1. The van der Waals surface area contributed by atoms with Crippen LogP contribution in [0.3, 0.4) is 0 Å². The summed E-state index contributed by atoms with van der Waals surface area (Å²) in [7, 11) is 0. The fourth-order valence-corrected chi connectivity index (χ4v) is 3.61. The molecule has 1 fully saturated rings. The van der Waals surface area contributed by atoms with Gasteiger partial charge in [-0.2, -0.15) is 11.8 Å². The molecule has 0 amide bonds. The van der Waals surface area contributed by atoms with Crippen molar-refractivity contribution in [1.82, 2.24) is 10.2 Å².